The molecule has 1 aromatic heterocycles. The first-order valence-corrected chi connectivity index (χ1v) is 10.1. The molecule has 0 saturated carbocycles. The summed E-state index contributed by atoms with van der Waals surface area (Å²) >= 11 is 0. The molecule has 3 N–H and O–H groups in total. The highest BCUT2D eigenvalue weighted by Crippen LogP contribution is 2.34. The summed E-state index contributed by atoms with van der Waals surface area (Å²) in [7, 11) is 0. The van der Waals surface area contributed by atoms with Gasteiger partial charge in [0.25, 0.3) is 5.91 Å². The molecule has 8 nitrogen and oxygen atoms in total. The summed E-state index contributed by atoms with van der Waals surface area (Å²) in [5.41, 5.74) is -1.54. The molecule has 3 rings (SSSR count). The fourth-order valence-corrected chi connectivity index (χ4v) is 3.54. The fraction of sp³-hybridized carbons (Fsp3) is 0.261. The quantitative estimate of drug-likeness (QED) is 0.446. The molecule has 2 aromatic carbocycles. The van der Waals surface area contributed by atoms with E-state index < -0.39 is 53.4 Å². The zero-order chi connectivity index (χ0) is 26.3. The second-order valence-corrected chi connectivity index (χ2v) is 8.22. The first-order valence-electron chi connectivity index (χ1n) is 10.1. The maximum Gasteiger partial charge on any atom is 0.573 e. The molecule has 0 saturated heterocycles. The van der Waals surface area contributed by atoms with Gasteiger partial charge >= 0.3 is 12.3 Å². The molecule has 0 radical (unpaired) electrons. The molecule has 3 aromatic rings. The van der Waals surface area contributed by atoms with Crippen LogP contribution in [0.1, 0.15) is 35.5 Å². The van der Waals surface area contributed by atoms with E-state index in [1.807, 2.05) is 0 Å². The highest BCUT2D eigenvalue weighted by molar-refractivity contribution is 6.05. The predicted octanol–water partition coefficient (Wildman–Crippen LogP) is 3.90. The lowest BCUT2D eigenvalue weighted by Gasteiger charge is -2.21. The highest BCUT2D eigenvalue weighted by atomic mass is 19.4. The van der Waals surface area contributed by atoms with E-state index in [0.29, 0.717) is 0 Å². The van der Waals surface area contributed by atoms with E-state index in [-0.39, 0.29) is 27.7 Å². The first kappa shape index (κ1) is 25.5. The number of carboxylic acids is 1. The number of amides is 1. The van der Waals surface area contributed by atoms with Crippen LogP contribution in [0.5, 0.6) is 11.5 Å². The number of halogens is 4. The summed E-state index contributed by atoms with van der Waals surface area (Å²) in [5, 5.41) is 21.2. The van der Waals surface area contributed by atoms with E-state index in [4.69, 9.17) is 0 Å². The van der Waals surface area contributed by atoms with Crippen LogP contribution in [0.4, 0.5) is 17.6 Å². The van der Waals surface area contributed by atoms with Gasteiger partial charge in [-0.2, -0.15) is 0 Å². The van der Waals surface area contributed by atoms with Gasteiger partial charge in [-0.05, 0) is 62.7 Å². The van der Waals surface area contributed by atoms with E-state index in [9.17, 15) is 42.2 Å². The number of carboxylic acid groups (broad SMARTS) is 1. The summed E-state index contributed by atoms with van der Waals surface area (Å²) in [5.74, 6) is -5.19. The Labute approximate surface area is 195 Å². The molecule has 0 aliphatic carbocycles. The van der Waals surface area contributed by atoms with E-state index >= 15 is 0 Å². The summed E-state index contributed by atoms with van der Waals surface area (Å²) in [6.45, 7) is 3.93. The molecule has 0 spiro atoms. The molecular formula is C23H20F4N2O6. The number of carbonyl (C=O) groups is 3. The van der Waals surface area contributed by atoms with Crippen molar-refractivity contribution in [2.75, 3.05) is 0 Å². The van der Waals surface area contributed by atoms with E-state index in [1.54, 1.807) is 0 Å². The Kier molecular flexibility index (Phi) is 6.51. The molecule has 0 aliphatic rings. The number of hydrogen-bond donors (Lipinski definition) is 3. The van der Waals surface area contributed by atoms with Crippen LogP contribution < -0.4 is 10.1 Å². The van der Waals surface area contributed by atoms with Crippen LogP contribution in [0.2, 0.25) is 0 Å². The van der Waals surface area contributed by atoms with E-state index in [2.05, 4.69) is 10.1 Å². The molecule has 12 heteroatoms. The number of fused-ring (bicyclic) bond motifs is 1. The van der Waals surface area contributed by atoms with Crippen LogP contribution in [0.25, 0.3) is 10.9 Å². The highest BCUT2D eigenvalue weighted by Gasteiger charge is 2.32. The number of rotatable bonds is 6. The van der Waals surface area contributed by atoms with Gasteiger partial charge in [0.15, 0.2) is 11.6 Å². The minimum atomic E-state index is -4.91. The number of nitrogens with one attached hydrogen (secondary N) is 1. The van der Waals surface area contributed by atoms with Crippen molar-refractivity contribution in [2.45, 2.75) is 39.1 Å². The number of ether oxygens (including phenoxy) is 1. The third kappa shape index (κ3) is 5.20. The lowest BCUT2D eigenvalue weighted by atomic mass is 10.0. The van der Waals surface area contributed by atoms with Crippen molar-refractivity contribution in [3.63, 3.8) is 0 Å². The standard InChI is InChI=1S/C23H20F4N2O6/c1-11-14(10-17(31)28-22(2,3)21(33)34)18-15(8-9-16(30)19(18)24)29(11)20(32)12-4-6-13(7-5-12)35-23(25,26)27/h4-9,30H,10H2,1-3H3,(H,28,31)(H,33,34). The number of phenols is 1. The molecule has 0 atom stereocenters. The van der Waals surface area contributed by atoms with Gasteiger partial charge in [0, 0.05) is 16.6 Å². The number of benzene rings is 2. The van der Waals surface area contributed by atoms with Gasteiger partial charge in [-0.1, -0.05) is 0 Å². The summed E-state index contributed by atoms with van der Waals surface area (Å²) in [6.07, 6.45) is -5.43. The minimum Gasteiger partial charge on any atom is -0.505 e. The molecule has 0 unspecified atom stereocenters. The third-order valence-corrected chi connectivity index (χ3v) is 5.28. The SMILES string of the molecule is Cc1c(CC(=O)NC(C)(C)C(=O)O)c2c(F)c(O)ccc2n1C(=O)c1ccc(OC(F)(F)F)cc1. The normalized spacial score (nSPS) is 12.0. The van der Waals surface area contributed by atoms with Crippen LogP contribution >= 0.6 is 0 Å². The predicted molar refractivity (Wildman–Crippen MR) is 115 cm³/mol. The molecule has 186 valence electrons. The van der Waals surface area contributed by atoms with Crippen molar-refractivity contribution < 1.29 is 46.9 Å². The van der Waals surface area contributed by atoms with Gasteiger partial charge in [-0.3, -0.25) is 14.2 Å². The lowest BCUT2D eigenvalue weighted by Crippen LogP contribution is -2.50. The van der Waals surface area contributed by atoms with Crippen LogP contribution in [-0.2, 0) is 16.0 Å². The number of aromatic hydroxyl groups is 1. The molecule has 0 aliphatic heterocycles. The minimum absolute atomic E-state index is 0.00119. The second kappa shape index (κ2) is 8.93. The van der Waals surface area contributed by atoms with Crippen LogP contribution in [0.15, 0.2) is 36.4 Å². The topological polar surface area (TPSA) is 118 Å². The van der Waals surface area contributed by atoms with Gasteiger partial charge in [0.1, 0.15) is 11.3 Å². The molecule has 0 bridgehead atoms. The number of phenolic OH excluding ortho intramolecular Hbond substituents is 1. The zero-order valence-corrected chi connectivity index (χ0v) is 18.7. The van der Waals surface area contributed by atoms with Gasteiger partial charge in [-0.15, -0.1) is 13.2 Å². The largest absolute Gasteiger partial charge is 0.573 e. The second-order valence-electron chi connectivity index (χ2n) is 8.22. The molecule has 1 heterocycles. The van der Waals surface area contributed by atoms with Gasteiger partial charge in [-0.25, -0.2) is 9.18 Å². The van der Waals surface area contributed by atoms with Crippen molar-refractivity contribution in [1.82, 2.24) is 9.88 Å². The van der Waals surface area contributed by atoms with Crippen molar-refractivity contribution in [3.8, 4) is 11.5 Å². The maximum absolute atomic E-state index is 14.9. The monoisotopic (exact) mass is 496 g/mol. The average molecular weight is 496 g/mol. The first-order chi connectivity index (χ1) is 16.1. The third-order valence-electron chi connectivity index (χ3n) is 5.28. The Morgan fingerprint density at radius 3 is 2.20 bits per heavy atom. The summed E-state index contributed by atoms with van der Waals surface area (Å²) < 4.78 is 57.0. The van der Waals surface area contributed by atoms with Crippen LogP contribution in [0.3, 0.4) is 0 Å². The Balaban J connectivity index is 2.06. The number of nitrogens with zero attached hydrogens (tertiary/aromatic N) is 1. The van der Waals surface area contributed by atoms with Crippen LogP contribution in [-0.4, -0.2) is 44.5 Å². The number of aliphatic carboxylic acids is 1. The van der Waals surface area contributed by atoms with Gasteiger partial charge < -0.3 is 20.3 Å². The maximum atomic E-state index is 14.9. The van der Waals surface area contributed by atoms with E-state index in [1.165, 1.54) is 26.8 Å². The lowest BCUT2D eigenvalue weighted by molar-refractivity contribution is -0.274. The Morgan fingerprint density at radius 1 is 1.06 bits per heavy atom. The smallest absolute Gasteiger partial charge is 0.505 e. The summed E-state index contributed by atoms with van der Waals surface area (Å²) in [4.78, 5) is 37.1. The molecule has 35 heavy (non-hydrogen) atoms. The molecule has 1 amide bonds. The van der Waals surface area contributed by atoms with Gasteiger partial charge in [0.2, 0.25) is 5.91 Å². The van der Waals surface area contributed by atoms with Crippen LogP contribution in [0, 0.1) is 12.7 Å². The van der Waals surface area contributed by atoms with Crippen molar-refractivity contribution in [1.29, 1.82) is 0 Å². The van der Waals surface area contributed by atoms with Gasteiger partial charge in [0.05, 0.1) is 11.9 Å². The fourth-order valence-electron chi connectivity index (χ4n) is 3.54. The Bertz CT molecular complexity index is 1330. The van der Waals surface area contributed by atoms with Crippen molar-refractivity contribution in [2.24, 2.45) is 0 Å². The Morgan fingerprint density at radius 2 is 1.66 bits per heavy atom. The number of carbonyl (C=O) groups excluding carboxylic acids is 2. The zero-order valence-electron chi connectivity index (χ0n) is 18.7. The summed E-state index contributed by atoms with van der Waals surface area (Å²) in [6, 6.07) is 6.33. The average Bonchev–Trinajstić information content (AvgIpc) is 3.01. The van der Waals surface area contributed by atoms with Crippen molar-refractivity contribution in [3.05, 3.63) is 59.0 Å². The number of hydrogen-bond acceptors (Lipinski definition) is 5. The molecule has 0 fully saturated rings. The molecular weight excluding hydrogens is 476 g/mol. The number of alkyl halides is 3. The van der Waals surface area contributed by atoms with Crippen molar-refractivity contribution >= 4 is 28.7 Å². The van der Waals surface area contributed by atoms with E-state index in [0.717, 1.165) is 34.9 Å². The Hall–Kier alpha value is -4.09. The number of aromatic nitrogens is 1.